The SMILES string of the molecule is Nc1ccc(C[C@H](N)C(O)(P(=O)(O)O)P(=O)(O)O)cc1. The largest absolute Gasteiger partial charge is 0.399 e. The van der Waals surface area contributed by atoms with E-state index in [0.29, 0.717) is 11.3 Å². The third-order valence-electron chi connectivity index (χ3n) is 2.79. The number of nitrogens with two attached hydrogens (primary N) is 2. The molecule has 0 aliphatic rings. The van der Waals surface area contributed by atoms with Crippen molar-refractivity contribution < 1.29 is 33.8 Å². The molecule has 1 aromatic carbocycles. The number of nitrogen functional groups attached to an aromatic ring is 1. The van der Waals surface area contributed by atoms with Crippen LogP contribution in [0.5, 0.6) is 0 Å². The van der Waals surface area contributed by atoms with Crippen LogP contribution in [-0.2, 0) is 15.6 Å². The van der Waals surface area contributed by atoms with Crippen LogP contribution in [0.25, 0.3) is 0 Å². The van der Waals surface area contributed by atoms with Crippen LogP contribution in [-0.4, -0.2) is 35.8 Å². The van der Waals surface area contributed by atoms with Crippen LogP contribution in [0.2, 0.25) is 0 Å². The van der Waals surface area contributed by atoms with Crippen LogP contribution in [0.15, 0.2) is 24.3 Å². The van der Waals surface area contributed by atoms with Crippen LogP contribution in [0.3, 0.4) is 0 Å². The summed E-state index contributed by atoms with van der Waals surface area (Å²) < 4.78 is 22.5. The van der Waals surface area contributed by atoms with Gasteiger partial charge in [-0.2, -0.15) is 0 Å². The molecule has 0 aromatic heterocycles. The summed E-state index contributed by atoms with van der Waals surface area (Å²) in [7, 11) is -11.1. The van der Waals surface area contributed by atoms with Crippen molar-refractivity contribution in [2.24, 2.45) is 5.73 Å². The second-order valence-electron chi connectivity index (χ2n) is 4.33. The Morgan fingerprint density at radius 1 is 1.05 bits per heavy atom. The van der Waals surface area contributed by atoms with Crippen molar-refractivity contribution in [2.75, 3.05) is 5.73 Å². The van der Waals surface area contributed by atoms with Crippen molar-refractivity contribution in [2.45, 2.75) is 17.5 Å². The van der Waals surface area contributed by atoms with Crippen molar-refractivity contribution in [1.82, 2.24) is 0 Å². The fourth-order valence-corrected chi connectivity index (χ4v) is 4.05. The van der Waals surface area contributed by atoms with Gasteiger partial charge in [-0.05, 0) is 24.1 Å². The highest BCUT2D eigenvalue weighted by Gasteiger charge is 2.63. The first kappa shape index (κ1) is 17.3. The van der Waals surface area contributed by atoms with Gasteiger partial charge in [-0.25, -0.2) is 0 Å². The topological polar surface area (TPSA) is 187 Å². The first-order valence-electron chi connectivity index (χ1n) is 5.33. The average Bonchev–Trinajstić information content (AvgIpc) is 2.28. The zero-order chi connectivity index (χ0) is 15.8. The molecule has 0 aliphatic heterocycles. The van der Waals surface area contributed by atoms with Gasteiger partial charge in [-0.1, -0.05) is 12.1 Å². The lowest BCUT2D eigenvalue weighted by Crippen LogP contribution is -2.48. The Bertz CT molecular complexity index is 542. The van der Waals surface area contributed by atoms with E-state index in [1.807, 2.05) is 0 Å². The van der Waals surface area contributed by atoms with Crippen molar-refractivity contribution in [3.8, 4) is 0 Å². The summed E-state index contributed by atoms with van der Waals surface area (Å²) in [6.45, 7) is 0. The lowest BCUT2D eigenvalue weighted by molar-refractivity contribution is 0.107. The Morgan fingerprint density at radius 3 is 1.80 bits per heavy atom. The maximum Gasteiger partial charge on any atom is 0.371 e. The Balaban J connectivity index is 3.14. The third-order valence-corrected chi connectivity index (χ3v) is 6.73. The molecule has 0 spiro atoms. The zero-order valence-electron chi connectivity index (χ0n) is 10.2. The molecule has 9 N–H and O–H groups in total. The zero-order valence-corrected chi connectivity index (χ0v) is 12.0. The van der Waals surface area contributed by atoms with Crippen LogP contribution < -0.4 is 11.5 Å². The minimum Gasteiger partial charge on any atom is -0.399 e. The fraction of sp³-hybridized carbons (Fsp3) is 0.333. The molecule has 1 aromatic rings. The van der Waals surface area contributed by atoms with Crippen molar-refractivity contribution in [3.63, 3.8) is 0 Å². The van der Waals surface area contributed by atoms with Crippen molar-refractivity contribution in [1.29, 1.82) is 0 Å². The third kappa shape index (κ3) is 3.28. The molecule has 0 aliphatic carbocycles. The van der Waals surface area contributed by atoms with Gasteiger partial charge in [0.25, 0.3) is 5.08 Å². The smallest absolute Gasteiger partial charge is 0.371 e. The number of benzene rings is 1. The number of rotatable bonds is 5. The predicted octanol–water partition coefficient (Wildman–Crippen LogP) is -0.860. The summed E-state index contributed by atoms with van der Waals surface area (Å²) in [5.41, 5.74) is 11.7. The summed E-state index contributed by atoms with van der Waals surface area (Å²) in [6, 6.07) is 4.03. The summed E-state index contributed by atoms with van der Waals surface area (Å²) in [4.78, 5) is 36.1. The van der Waals surface area contributed by atoms with E-state index in [9.17, 15) is 14.2 Å². The van der Waals surface area contributed by atoms with E-state index in [1.165, 1.54) is 24.3 Å². The van der Waals surface area contributed by atoms with Crippen LogP contribution >= 0.6 is 15.2 Å². The number of anilines is 1. The number of aliphatic hydroxyl groups is 1. The predicted molar refractivity (Wildman–Crippen MR) is 71.6 cm³/mol. The molecular formula is C9H16N2O7P2. The van der Waals surface area contributed by atoms with Gasteiger partial charge in [0.1, 0.15) is 0 Å². The first-order valence-corrected chi connectivity index (χ1v) is 8.55. The van der Waals surface area contributed by atoms with E-state index in [2.05, 4.69) is 0 Å². The molecule has 20 heavy (non-hydrogen) atoms. The first-order chi connectivity index (χ1) is 8.89. The molecule has 1 rings (SSSR count). The van der Waals surface area contributed by atoms with Crippen LogP contribution in [0, 0.1) is 0 Å². The van der Waals surface area contributed by atoms with Gasteiger partial charge >= 0.3 is 15.2 Å². The Morgan fingerprint density at radius 2 is 1.45 bits per heavy atom. The van der Waals surface area contributed by atoms with Gasteiger partial charge in [-0.15, -0.1) is 0 Å². The quantitative estimate of drug-likeness (QED) is 0.267. The minimum atomic E-state index is -5.57. The molecule has 0 radical (unpaired) electrons. The molecule has 0 saturated carbocycles. The molecule has 0 fully saturated rings. The highest BCUT2D eigenvalue weighted by atomic mass is 31.2. The van der Waals surface area contributed by atoms with Gasteiger partial charge in [0, 0.05) is 5.69 Å². The number of hydrogen-bond acceptors (Lipinski definition) is 5. The normalized spacial score (nSPS) is 15.1. The van der Waals surface area contributed by atoms with E-state index in [1.54, 1.807) is 0 Å². The second-order valence-corrected chi connectivity index (χ2v) is 8.22. The maximum absolute atomic E-state index is 11.2. The molecule has 1 atom stereocenters. The van der Waals surface area contributed by atoms with E-state index in [-0.39, 0.29) is 6.42 Å². The summed E-state index contributed by atoms with van der Waals surface area (Å²) >= 11 is 0. The summed E-state index contributed by atoms with van der Waals surface area (Å²) in [5.74, 6) is 0. The molecule has 9 nitrogen and oxygen atoms in total. The van der Waals surface area contributed by atoms with E-state index in [0.717, 1.165) is 0 Å². The molecular weight excluding hydrogens is 310 g/mol. The molecule has 0 amide bonds. The lowest BCUT2D eigenvalue weighted by Gasteiger charge is -2.34. The Kier molecular flexibility index (Phi) is 4.80. The van der Waals surface area contributed by atoms with Crippen molar-refractivity contribution >= 4 is 20.9 Å². The fourth-order valence-electron chi connectivity index (χ4n) is 1.65. The minimum absolute atomic E-state index is 0.354. The van der Waals surface area contributed by atoms with E-state index < -0.39 is 26.3 Å². The van der Waals surface area contributed by atoms with Gasteiger partial charge in [-0.3, -0.25) is 9.13 Å². The molecule has 114 valence electrons. The molecule has 0 saturated heterocycles. The second kappa shape index (κ2) is 5.55. The van der Waals surface area contributed by atoms with Gasteiger partial charge in [0.05, 0.1) is 6.04 Å². The van der Waals surface area contributed by atoms with E-state index in [4.69, 9.17) is 31.0 Å². The maximum atomic E-state index is 11.2. The number of hydrogen-bond donors (Lipinski definition) is 7. The van der Waals surface area contributed by atoms with Crippen LogP contribution in [0.4, 0.5) is 5.69 Å². The molecule has 0 unspecified atom stereocenters. The highest BCUT2D eigenvalue weighted by Crippen LogP contribution is 2.68. The molecule has 11 heteroatoms. The lowest BCUT2D eigenvalue weighted by atomic mass is 10.1. The molecule has 0 bridgehead atoms. The average molecular weight is 326 g/mol. The van der Waals surface area contributed by atoms with Gasteiger partial charge in [0.15, 0.2) is 0 Å². The van der Waals surface area contributed by atoms with Gasteiger partial charge < -0.3 is 36.1 Å². The summed E-state index contributed by atoms with van der Waals surface area (Å²) in [5, 5.41) is 6.16. The monoisotopic (exact) mass is 326 g/mol. The van der Waals surface area contributed by atoms with E-state index >= 15 is 0 Å². The van der Waals surface area contributed by atoms with Crippen molar-refractivity contribution in [3.05, 3.63) is 29.8 Å². The molecule has 0 heterocycles. The summed E-state index contributed by atoms with van der Waals surface area (Å²) in [6.07, 6.45) is -0.354. The highest BCUT2D eigenvalue weighted by molar-refractivity contribution is 7.72. The Labute approximate surface area is 114 Å². The standard InChI is InChI=1S/C9H16N2O7P2/c10-7-3-1-6(2-4-7)5-8(11)9(12,19(13,14)15)20(16,17)18/h1-4,8,12H,5,10-11H2,(H2,13,14,15)(H2,16,17,18)/t8-/m0/s1. The van der Waals surface area contributed by atoms with Crippen LogP contribution in [0.1, 0.15) is 5.56 Å². The van der Waals surface area contributed by atoms with Gasteiger partial charge in [0.2, 0.25) is 0 Å². The Hall–Kier alpha value is -0.760.